The van der Waals surface area contributed by atoms with Gasteiger partial charge in [-0.2, -0.15) is 0 Å². The van der Waals surface area contributed by atoms with Crippen LogP contribution in [0.2, 0.25) is 0 Å². The molecule has 0 radical (unpaired) electrons. The van der Waals surface area contributed by atoms with E-state index in [4.69, 9.17) is 9.47 Å². The lowest BCUT2D eigenvalue weighted by atomic mass is 10.00. The smallest absolute Gasteiger partial charge is 0.408 e. The van der Waals surface area contributed by atoms with E-state index in [1.807, 2.05) is 60.7 Å². The number of likely N-dealkylation sites (N-methyl/N-ethyl adjacent to an activating group) is 1. The first kappa shape index (κ1) is 35.6. The minimum atomic E-state index is -1.24. The Balaban J connectivity index is 1.98. The molecule has 3 amide bonds. The summed E-state index contributed by atoms with van der Waals surface area (Å²) in [6.45, 7) is 10.4. The SMILES string of the molecule is CN(C(=O)C(Cc1ccccc1)NC(=O)OC(C)(C)C)C(C(=O)NC(Cc1ccccc1)C(=O)OC(C)(C)C)c1ccc(O)cc1. The Kier molecular flexibility index (Phi) is 11.9. The number of esters is 1. The lowest BCUT2D eigenvalue weighted by Crippen LogP contribution is -2.54. The first-order valence-corrected chi connectivity index (χ1v) is 15.2. The number of phenols is 1. The third-order valence-corrected chi connectivity index (χ3v) is 6.75. The van der Waals surface area contributed by atoms with Crippen LogP contribution < -0.4 is 10.6 Å². The van der Waals surface area contributed by atoms with E-state index < -0.39 is 53.2 Å². The van der Waals surface area contributed by atoms with E-state index in [1.165, 1.54) is 36.2 Å². The topological polar surface area (TPSA) is 134 Å². The number of carbonyl (C=O) groups excluding carboxylic acids is 4. The maximum absolute atomic E-state index is 14.2. The fourth-order valence-corrected chi connectivity index (χ4v) is 4.75. The van der Waals surface area contributed by atoms with Gasteiger partial charge in [0.25, 0.3) is 0 Å². The fourth-order valence-electron chi connectivity index (χ4n) is 4.75. The van der Waals surface area contributed by atoms with Gasteiger partial charge in [0.1, 0.15) is 35.1 Å². The number of amides is 3. The number of aromatic hydroxyl groups is 1. The summed E-state index contributed by atoms with van der Waals surface area (Å²) in [6, 6.07) is 20.8. The summed E-state index contributed by atoms with van der Waals surface area (Å²) in [6.07, 6.45) is -0.506. The summed E-state index contributed by atoms with van der Waals surface area (Å²) >= 11 is 0. The molecule has 3 atom stereocenters. The van der Waals surface area contributed by atoms with Crippen LogP contribution in [-0.2, 0) is 36.7 Å². The number of nitrogens with one attached hydrogen (secondary N) is 2. The van der Waals surface area contributed by atoms with Gasteiger partial charge in [0, 0.05) is 19.9 Å². The Bertz CT molecular complexity index is 1460. The van der Waals surface area contributed by atoms with E-state index in [-0.39, 0.29) is 18.6 Å². The molecule has 3 aromatic rings. The van der Waals surface area contributed by atoms with Crippen molar-refractivity contribution in [2.24, 2.45) is 0 Å². The molecule has 0 saturated carbocycles. The highest BCUT2D eigenvalue weighted by Gasteiger charge is 2.36. The molecule has 10 heteroatoms. The summed E-state index contributed by atoms with van der Waals surface area (Å²) in [4.78, 5) is 55.7. The molecule has 0 aliphatic heterocycles. The van der Waals surface area contributed by atoms with Crippen LogP contribution >= 0.6 is 0 Å². The van der Waals surface area contributed by atoms with Crippen LogP contribution in [0, 0.1) is 0 Å². The van der Waals surface area contributed by atoms with Crippen molar-refractivity contribution in [3.8, 4) is 5.75 Å². The van der Waals surface area contributed by atoms with Crippen molar-refractivity contribution < 1.29 is 33.8 Å². The van der Waals surface area contributed by atoms with Crippen molar-refractivity contribution in [1.82, 2.24) is 15.5 Å². The van der Waals surface area contributed by atoms with Gasteiger partial charge in [-0.05, 0) is 70.4 Å². The molecule has 0 fully saturated rings. The van der Waals surface area contributed by atoms with E-state index in [2.05, 4.69) is 10.6 Å². The molecule has 3 aromatic carbocycles. The molecule has 0 aromatic heterocycles. The fraction of sp³-hybridized carbons (Fsp3) is 0.389. The average molecular weight is 632 g/mol. The molecule has 0 saturated heterocycles. The summed E-state index contributed by atoms with van der Waals surface area (Å²) in [7, 11) is 1.45. The number of phenolic OH excluding ortho intramolecular Hbond substituents is 1. The van der Waals surface area contributed by atoms with Gasteiger partial charge in [-0.25, -0.2) is 9.59 Å². The van der Waals surface area contributed by atoms with Crippen molar-refractivity contribution in [2.45, 2.75) is 83.7 Å². The van der Waals surface area contributed by atoms with Gasteiger partial charge in [0.15, 0.2) is 0 Å². The standard InChI is InChI=1S/C36H45N3O7/c1-35(2,3)45-33(43)29(23-25-16-12-9-13-17-25)37-31(41)30(26-18-20-27(40)21-19-26)39(7)32(42)28(22-24-14-10-8-11-15-24)38-34(44)46-36(4,5)6/h8-21,28-30,40H,22-23H2,1-7H3,(H,37,41)(H,38,44). The largest absolute Gasteiger partial charge is 0.508 e. The quantitative estimate of drug-likeness (QED) is 0.251. The minimum absolute atomic E-state index is 0.0267. The highest BCUT2D eigenvalue weighted by Crippen LogP contribution is 2.25. The van der Waals surface area contributed by atoms with E-state index >= 15 is 0 Å². The van der Waals surface area contributed by atoms with E-state index in [9.17, 15) is 24.3 Å². The summed E-state index contributed by atoms with van der Waals surface area (Å²) in [5, 5.41) is 15.4. The molecule has 0 spiro atoms. The highest BCUT2D eigenvalue weighted by atomic mass is 16.6. The second-order valence-electron chi connectivity index (χ2n) is 13.1. The van der Waals surface area contributed by atoms with Crippen LogP contribution in [-0.4, -0.2) is 64.2 Å². The molecule has 246 valence electrons. The van der Waals surface area contributed by atoms with Crippen LogP contribution in [0.4, 0.5) is 4.79 Å². The first-order valence-electron chi connectivity index (χ1n) is 15.2. The molecule has 0 bridgehead atoms. The Hall–Kier alpha value is -4.86. The molecule has 0 heterocycles. The monoisotopic (exact) mass is 631 g/mol. The zero-order chi connectivity index (χ0) is 34.1. The van der Waals surface area contributed by atoms with Crippen LogP contribution in [0.25, 0.3) is 0 Å². The zero-order valence-electron chi connectivity index (χ0n) is 27.6. The van der Waals surface area contributed by atoms with Crippen LogP contribution in [0.15, 0.2) is 84.9 Å². The number of nitrogens with zero attached hydrogens (tertiary/aromatic N) is 1. The molecule has 3 N–H and O–H groups in total. The minimum Gasteiger partial charge on any atom is -0.508 e. The van der Waals surface area contributed by atoms with Crippen molar-refractivity contribution in [1.29, 1.82) is 0 Å². The Morgan fingerprint density at radius 2 is 1.17 bits per heavy atom. The third-order valence-electron chi connectivity index (χ3n) is 6.75. The van der Waals surface area contributed by atoms with Gasteiger partial charge >= 0.3 is 12.1 Å². The lowest BCUT2D eigenvalue weighted by molar-refractivity contribution is -0.159. The molecule has 0 aliphatic carbocycles. The average Bonchev–Trinajstić information content (AvgIpc) is 2.96. The van der Waals surface area contributed by atoms with Crippen molar-refractivity contribution in [2.75, 3.05) is 7.05 Å². The Morgan fingerprint density at radius 1 is 0.696 bits per heavy atom. The maximum Gasteiger partial charge on any atom is 0.408 e. The van der Waals surface area contributed by atoms with E-state index in [1.54, 1.807) is 41.5 Å². The predicted octanol–water partition coefficient (Wildman–Crippen LogP) is 5.10. The summed E-state index contributed by atoms with van der Waals surface area (Å²) in [5.41, 5.74) is 0.347. The van der Waals surface area contributed by atoms with Gasteiger partial charge in [-0.1, -0.05) is 72.8 Å². The van der Waals surface area contributed by atoms with Gasteiger partial charge in [-0.3, -0.25) is 9.59 Å². The highest BCUT2D eigenvalue weighted by molar-refractivity contribution is 5.94. The predicted molar refractivity (Wildman–Crippen MR) is 175 cm³/mol. The molecule has 3 rings (SSSR count). The van der Waals surface area contributed by atoms with E-state index in [0.717, 1.165) is 11.1 Å². The summed E-state index contributed by atoms with van der Waals surface area (Å²) < 4.78 is 11.1. The second-order valence-corrected chi connectivity index (χ2v) is 13.1. The van der Waals surface area contributed by atoms with Crippen molar-refractivity contribution in [3.05, 3.63) is 102 Å². The number of hydrogen-bond acceptors (Lipinski definition) is 7. The number of alkyl carbamates (subject to hydrolysis) is 1. The second kappa shape index (κ2) is 15.4. The number of ether oxygens (including phenoxy) is 2. The van der Waals surface area contributed by atoms with Crippen LogP contribution in [0.3, 0.4) is 0 Å². The van der Waals surface area contributed by atoms with Crippen molar-refractivity contribution in [3.63, 3.8) is 0 Å². The maximum atomic E-state index is 14.2. The van der Waals surface area contributed by atoms with Crippen LogP contribution in [0.1, 0.15) is 64.3 Å². The van der Waals surface area contributed by atoms with Gasteiger partial charge in [0.2, 0.25) is 11.8 Å². The molecule has 3 unspecified atom stereocenters. The normalized spacial score (nSPS) is 13.5. The first-order chi connectivity index (χ1) is 21.5. The third kappa shape index (κ3) is 11.3. The van der Waals surface area contributed by atoms with Gasteiger partial charge in [0.05, 0.1) is 0 Å². The molecule has 46 heavy (non-hydrogen) atoms. The van der Waals surface area contributed by atoms with Crippen molar-refractivity contribution >= 4 is 23.9 Å². The molecular formula is C36H45N3O7. The van der Waals surface area contributed by atoms with Crippen LogP contribution in [0.5, 0.6) is 5.75 Å². The molecule has 10 nitrogen and oxygen atoms in total. The lowest BCUT2D eigenvalue weighted by Gasteiger charge is -2.33. The Morgan fingerprint density at radius 3 is 1.65 bits per heavy atom. The number of benzene rings is 3. The Labute approximate surface area is 271 Å². The van der Waals surface area contributed by atoms with Gasteiger partial charge in [-0.15, -0.1) is 0 Å². The molecular weight excluding hydrogens is 586 g/mol. The summed E-state index contributed by atoms with van der Waals surface area (Å²) in [5.74, 6) is -1.87. The number of carbonyl (C=O) groups is 4. The number of hydrogen-bond donors (Lipinski definition) is 3. The number of rotatable bonds is 11. The zero-order valence-corrected chi connectivity index (χ0v) is 27.6. The van der Waals surface area contributed by atoms with Gasteiger partial charge < -0.3 is 30.1 Å². The molecule has 0 aliphatic rings. The van der Waals surface area contributed by atoms with E-state index in [0.29, 0.717) is 5.56 Å².